The SMILES string of the molecule is O=CNNC1(C(=O)/C=C\n2cnc(-c3cc(C(F)(F)F)cc(S(F)(F)(F)(F)F)c3)n2)CCCC1. The Bertz CT molecular complexity index is 1140. The molecule has 1 aliphatic rings. The monoisotopic (exact) mass is 519 g/mol. The number of ketones is 1. The average Bonchev–Trinajstić information content (AvgIpc) is 3.38. The van der Waals surface area contributed by atoms with Crippen LogP contribution in [0.4, 0.5) is 32.6 Å². The molecule has 1 aromatic carbocycles. The molecule has 1 saturated carbocycles. The summed E-state index contributed by atoms with van der Waals surface area (Å²) in [5, 5.41) is 3.66. The summed E-state index contributed by atoms with van der Waals surface area (Å²) in [5.74, 6) is -1.18. The number of amides is 1. The lowest BCUT2D eigenvalue weighted by molar-refractivity contribution is -0.137. The lowest BCUT2D eigenvalue weighted by Gasteiger charge is -2.40. The molecular weight excluding hydrogens is 502 g/mol. The van der Waals surface area contributed by atoms with Crippen molar-refractivity contribution in [1.29, 1.82) is 0 Å². The molecular formula is C18H17F8N5O2S. The van der Waals surface area contributed by atoms with E-state index in [-0.39, 0.29) is 12.1 Å². The smallest absolute Gasteiger partial charge is 0.293 e. The summed E-state index contributed by atoms with van der Waals surface area (Å²) < 4.78 is 106. The topological polar surface area (TPSA) is 88.9 Å². The van der Waals surface area contributed by atoms with Gasteiger partial charge in [0.2, 0.25) is 6.41 Å². The summed E-state index contributed by atoms with van der Waals surface area (Å²) >= 11 is 0. The number of carbonyl (C=O) groups excluding carboxylic acids is 2. The number of rotatable bonds is 8. The molecule has 0 saturated heterocycles. The summed E-state index contributed by atoms with van der Waals surface area (Å²) in [6, 6.07) is -0.611. The number of hydrogen-bond donors (Lipinski definition) is 2. The maximum absolute atomic E-state index is 13.2. The minimum Gasteiger partial charge on any atom is -0.293 e. The van der Waals surface area contributed by atoms with Crippen molar-refractivity contribution in [3.05, 3.63) is 36.2 Å². The second-order valence-electron chi connectivity index (χ2n) is 7.62. The van der Waals surface area contributed by atoms with Crippen LogP contribution >= 0.6 is 10.2 Å². The Hall–Kier alpha value is -3.01. The first kappa shape index (κ1) is 25.6. The van der Waals surface area contributed by atoms with E-state index >= 15 is 0 Å². The third-order valence-corrected chi connectivity index (χ3v) is 6.25. The van der Waals surface area contributed by atoms with E-state index in [9.17, 15) is 42.2 Å². The van der Waals surface area contributed by atoms with E-state index in [0.717, 1.165) is 23.3 Å². The predicted molar refractivity (Wildman–Crippen MR) is 106 cm³/mol. The maximum Gasteiger partial charge on any atom is 0.416 e. The zero-order valence-electron chi connectivity index (χ0n) is 17.0. The Morgan fingerprint density at radius 2 is 1.74 bits per heavy atom. The number of nitrogens with one attached hydrogen (secondary N) is 2. The number of hydrazine groups is 1. The predicted octanol–water partition coefficient (Wildman–Crippen LogP) is 5.22. The van der Waals surface area contributed by atoms with Crippen molar-refractivity contribution in [3.63, 3.8) is 0 Å². The first-order valence-corrected chi connectivity index (χ1v) is 11.5. The molecule has 1 amide bonds. The van der Waals surface area contributed by atoms with Gasteiger partial charge in [0, 0.05) is 17.8 Å². The first-order valence-electron chi connectivity index (χ1n) is 9.50. The zero-order valence-corrected chi connectivity index (χ0v) is 17.8. The van der Waals surface area contributed by atoms with Crippen LogP contribution in [0.15, 0.2) is 35.5 Å². The van der Waals surface area contributed by atoms with Crippen molar-refractivity contribution in [2.45, 2.75) is 42.3 Å². The van der Waals surface area contributed by atoms with Gasteiger partial charge < -0.3 is 0 Å². The molecule has 2 aromatic rings. The van der Waals surface area contributed by atoms with Crippen molar-refractivity contribution in [2.24, 2.45) is 0 Å². The molecule has 1 aliphatic carbocycles. The highest BCUT2D eigenvalue weighted by molar-refractivity contribution is 8.45. The van der Waals surface area contributed by atoms with Crippen LogP contribution in [0.5, 0.6) is 0 Å². The molecule has 0 unspecified atom stereocenters. The number of benzene rings is 1. The van der Waals surface area contributed by atoms with Gasteiger partial charge in [-0.25, -0.2) is 15.1 Å². The molecule has 2 N–H and O–H groups in total. The standard InChI is InChI=1S/C18H17F8N5O2S/c19-18(20,21)13-7-12(8-14(9-13)34(22,23,24,25)26)16-27-10-31(29-16)6-3-15(33)17(30-28-11-32)4-1-2-5-17/h3,6-11,30H,1-2,4-5H2,(H,28,32)/b6-3-. The van der Waals surface area contributed by atoms with Crippen molar-refractivity contribution < 1.29 is 42.2 Å². The van der Waals surface area contributed by atoms with Crippen molar-refractivity contribution >= 4 is 28.6 Å². The zero-order chi connectivity index (χ0) is 25.5. The van der Waals surface area contributed by atoms with E-state index < -0.39 is 55.6 Å². The molecule has 7 nitrogen and oxygen atoms in total. The van der Waals surface area contributed by atoms with Gasteiger partial charge in [0.1, 0.15) is 11.2 Å². The lowest BCUT2D eigenvalue weighted by Crippen LogP contribution is -2.55. The van der Waals surface area contributed by atoms with Gasteiger partial charge in [-0.1, -0.05) is 32.3 Å². The van der Waals surface area contributed by atoms with E-state index in [1.165, 1.54) is 0 Å². The van der Waals surface area contributed by atoms with E-state index in [1.54, 1.807) is 0 Å². The molecule has 1 fully saturated rings. The highest BCUT2D eigenvalue weighted by atomic mass is 32.5. The Morgan fingerprint density at radius 3 is 2.29 bits per heavy atom. The third kappa shape index (κ3) is 5.72. The summed E-state index contributed by atoms with van der Waals surface area (Å²) in [5.41, 5.74) is 0.849. The average molecular weight is 519 g/mol. The molecule has 3 rings (SSSR count). The molecule has 16 heteroatoms. The van der Waals surface area contributed by atoms with Gasteiger partial charge in [-0.15, -0.1) is 5.10 Å². The quantitative estimate of drug-likeness (QED) is 0.216. The Labute approximate surface area is 186 Å². The van der Waals surface area contributed by atoms with Crippen LogP contribution < -0.4 is 10.9 Å². The highest BCUT2D eigenvalue weighted by Gasteiger charge is 2.66. The minimum absolute atomic E-state index is 0.159. The molecule has 34 heavy (non-hydrogen) atoms. The Morgan fingerprint density at radius 1 is 1.09 bits per heavy atom. The second kappa shape index (κ2) is 7.76. The summed E-state index contributed by atoms with van der Waals surface area (Å²) in [6.45, 7) is 0. The van der Waals surface area contributed by atoms with E-state index in [0.29, 0.717) is 32.1 Å². The number of nitrogens with zero attached hydrogens (tertiary/aromatic N) is 3. The minimum atomic E-state index is -10.4. The van der Waals surface area contributed by atoms with Gasteiger partial charge in [0.15, 0.2) is 11.6 Å². The van der Waals surface area contributed by atoms with Gasteiger partial charge in [0.05, 0.1) is 11.1 Å². The Kier molecular flexibility index (Phi) is 5.85. The molecule has 1 heterocycles. The van der Waals surface area contributed by atoms with Gasteiger partial charge in [-0.3, -0.25) is 15.0 Å². The van der Waals surface area contributed by atoms with Crippen LogP contribution in [0.1, 0.15) is 31.2 Å². The maximum atomic E-state index is 13.2. The molecule has 0 atom stereocenters. The van der Waals surface area contributed by atoms with Crippen LogP contribution in [-0.2, 0) is 15.8 Å². The summed E-state index contributed by atoms with van der Waals surface area (Å²) in [7, 11) is -10.4. The van der Waals surface area contributed by atoms with Crippen LogP contribution in [0.25, 0.3) is 17.6 Å². The lowest BCUT2D eigenvalue weighted by atomic mass is 9.93. The molecule has 0 bridgehead atoms. The van der Waals surface area contributed by atoms with E-state index in [4.69, 9.17) is 0 Å². The van der Waals surface area contributed by atoms with Gasteiger partial charge >= 0.3 is 16.4 Å². The van der Waals surface area contributed by atoms with Gasteiger partial charge in [0.25, 0.3) is 0 Å². The molecule has 1 aromatic heterocycles. The van der Waals surface area contributed by atoms with Crippen LogP contribution in [0, 0.1) is 0 Å². The van der Waals surface area contributed by atoms with Crippen LogP contribution in [0.3, 0.4) is 0 Å². The fourth-order valence-electron chi connectivity index (χ4n) is 3.48. The fraction of sp³-hybridized carbons (Fsp3) is 0.333. The number of hydrogen-bond acceptors (Lipinski definition) is 5. The normalized spacial score (nSPS) is 18.5. The molecule has 0 radical (unpaired) electrons. The van der Waals surface area contributed by atoms with Crippen molar-refractivity contribution in [1.82, 2.24) is 25.6 Å². The number of aromatic nitrogens is 3. The number of carbonyl (C=O) groups is 2. The highest BCUT2D eigenvalue weighted by Crippen LogP contribution is 3.02. The largest absolute Gasteiger partial charge is 0.416 e. The molecule has 0 spiro atoms. The summed E-state index contributed by atoms with van der Waals surface area (Å²) in [6.07, 6.45) is 0.155. The van der Waals surface area contributed by atoms with Crippen LogP contribution in [0.2, 0.25) is 0 Å². The van der Waals surface area contributed by atoms with Crippen molar-refractivity contribution in [3.8, 4) is 11.4 Å². The molecule has 0 aliphatic heterocycles. The van der Waals surface area contributed by atoms with Gasteiger partial charge in [-0.05, 0) is 31.0 Å². The summed E-state index contributed by atoms with van der Waals surface area (Å²) in [4.78, 5) is 24.0. The second-order valence-corrected chi connectivity index (χ2v) is 10.0. The number of alkyl halides is 3. The fourth-order valence-corrected chi connectivity index (χ4v) is 4.18. The van der Waals surface area contributed by atoms with Crippen molar-refractivity contribution in [2.75, 3.05) is 0 Å². The van der Waals surface area contributed by atoms with E-state index in [2.05, 4.69) is 20.9 Å². The molecule has 188 valence electrons. The third-order valence-electron chi connectivity index (χ3n) is 5.12. The van der Waals surface area contributed by atoms with Crippen LogP contribution in [-0.4, -0.2) is 32.5 Å². The first-order chi connectivity index (χ1) is 15.4. The Balaban J connectivity index is 1.94. The number of halogens is 8. The van der Waals surface area contributed by atoms with E-state index in [1.807, 2.05) is 0 Å². The van der Waals surface area contributed by atoms with Gasteiger partial charge in [-0.2, -0.15) is 13.2 Å².